The molecule has 0 aromatic heterocycles. The van der Waals surface area contributed by atoms with Gasteiger partial charge in [0, 0.05) is 24.3 Å². The Morgan fingerprint density at radius 1 is 1.12 bits per heavy atom. The molecule has 4 aliphatic carbocycles. The smallest absolute Gasteiger partial charge is 0.315 e. The van der Waals surface area contributed by atoms with Crippen LogP contribution in [0.25, 0.3) is 0 Å². The van der Waals surface area contributed by atoms with Gasteiger partial charge in [0.15, 0.2) is 6.10 Å². The zero-order valence-corrected chi connectivity index (χ0v) is 19.8. The normalized spacial score (nSPS) is 27.4. The SMILES string of the molecule is C[C@@H](OC(=O)CCNC(=O)NC12CC3CC(CC(C3)C1)C2)C(=O)N(CCC#N)c1ccccc1. The average molecular weight is 467 g/mol. The highest BCUT2D eigenvalue weighted by molar-refractivity contribution is 5.97. The number of nitriles is 1. The van der Waals surface area contributed by atoms with Crippen LogP contribution < -0.4 is 15.5 Å². The third kappa shape index (κ3) is 5.69. The van der Waals surface area contributed by atoms with Crippen LogP contribution in [-0.4, -0.2) is 42.6 Å². The monoisotopic (exact) mass is 466 g/mol. The molecule has 1 atom stereocenters. The van der Waals surface area contributed by atoms with E-state index < -0.39 is 12.1 Å². The fraction of sp³-hybridized carbons (Fsp3) is 0.615. The van der Waals surface area contributed by atoms with Crippen molar-refractivity contribution in [3.63, 3.8) is 0 Å². The molecule has 0 unspecified atom stereocenters. The summed E-state index contributed by atoms with van der Waals surface area (Å²) in [4.78, 5) is 39.2. The molecule has 3 amide bonds. The molecular weight excluding hydrogens is 432 g/mol. The molecule has 5 rings (SSSR count). The molecule has 4 bridgehead atoms. The molecule has 1 aromatic rings. The average Bonchev–Trinajstić information content (AvgIpc) is 2.78. The lowest BCUT2D eigenvalue weighted by Crippen LogP contribution is -2.61. The van der Waals surface area contributed by atoms with E-state index in [-0.39, 0.29) is 43.4 Å². The van der Waals surface area contributed by atoms with Crippen LogP contribution in [0.4, 0.5) is 10.5 Å². The molecule has 8 heteroatoms. The van der Waals surface area contributed by atoms with Crippen LogP contribution in [0, 0.1) is 29.1 Å². The van der Waals surface area contributed by atoms with Gasteiger partial charge in [0.25, 0.3) is 5.91 Å². The van der Waals surface area contributed by atoms with Crippen molar-refractivity contribution >= 4 is 23.6 Å². The minimum Gasteiger partial charge on any atom is -0.452 e. The highest BCUT2D eigenvalue weighted by Gasteiger charge is 2.51. The van der Waals surface area contributed by atoms with E-state index in [1.807, 2.05) is 12.1 Å². The Balaban J connectivity index is 1.21. The number of nitrogens with zero attached hydrogens (tertiary/aromatic N) is 2. The van der Waals surface area contributed by atoms with Gasteiger partial charge in [-0.25, -0.2) is 4.79 Å². The molecule has 8 nitrogen and oxygen atoms in total. The minimum absolute atomic E-state index is 0.0184. The van der Waals surface area contributed by atoms with Crippen molar-refractivity contribution < 1.29 is 19.1 Å². The van der Waals surface area contributed by atoms with Crippen LogP contribution >= 0.6 is 0 Å². The van der Waals surface area contributed by atoms with Gasteiger partial charge in [-0.3, -0.25) is 9.59 Å². The van der Waals surface area contributed by atoms with Crippen molar-refractivity contribution in [1.29, 1.82) is 5.26 Å². The maximum absolute atomic E-state index is 12.9. The first-order valence-corrected chi connectivity index (χ1v) is 12.4. The zero-order chi connectivity index (χ0) is 24.1. The number of esters is 1. The molecule has 4 aliphatic rings. The van der Waals surface area contributed by atoms with Crippen molar-refractivity contribution in [3.05, 3.63) is 30.3 Å². The molecule has 4 saturated carbocycles. The predicted octanol–water partition coefficient (Wildman–Crippen LogP) is 3.52. The van der Waals surface area contributed by atoms with Gasteiger partial charge in [0.1, 0.15) is 0 Å². The fourth-order valence-corrected chi connectivity index (χ4v) is 6.49. The van der Waals surface area contributed by atoms with E-state index in [1.165, 1.54) is 31.1 Å². The largest absolute Gasteiger partial charge is 0.452 e. The first-order valence-electron chi connectivity index (χ1n) is 12.4. The second kappa shape index (κ2) is 10.5. The van der Waals surface area contributed by atoms with Gasteiger partial charge >= 0.3 is 12.0 Å². The van der Waals surface area contributed by atoms with Crippen LogP contribution in [-0.2, 0) is 14.3 Å². The van der Waals surface area contributed by atoms with Crippen LogP contribution in [0.5, 0.6) is 0 Å². The summed E-state index contributed by atoms with van der Waals surface area (Å²) >= 11 is 0. The number of amides is 3. The molecule has 0 radical (unpaired) electrons. The molecule has 0 saturated heterocycles. The number of para-hydroxylation sites is 1. The third-order valence-corrected chi connectivity index (χ3v) is 7.47. The van der Waals surface area contributed by atoms with Gasteiger partial charge in [0.2, 0.25) is 0 Å². The highest BCUT2D eigenvalue weighted by atomic mass is 16.5. The van der Waals surface area contributed by atoms with E-state index in [9.17, 15) is 14.4 Å². The lowest BCUT2D eigenvalue weighted by atomic mass is 9.53. The minimum atomic E-state index is -0.993. The van der Waals surface area contributed by atoms with Crippen LogP contribution in [0.15, 0.2) is 30.3 Å². The lowest BCUT2D eigenvalue weighted by Gasteiger charge is -2.56. The van der Waals surface area contributed by atoms with Crippen LogP contribution in [0.2, 0.25) is 0 Å². The van der Waals surface area contributed by atoms with Gasteiger partial charge in [-0.15, -0.1) is 0 Å². The summed E-state index contributed by atoms with van der Waals surface area (Å²) in [6, 6.07) is 10.8. The second-order valence-electron chi connectivity index (χ2n) is 10.2. The number of nitrogens with one attached hydrogen (secondary N) is 2. The maximum Gasteiger partial charge on any atom is 0.315 e. The van der Waals surface area contributed by atoms with Crippen LogP contribution in [0.1, 0.15) is 58.3 Å². The second-order valence-corrected chi connectivity index (χ2v) is 10.2. The van der Waals surface area contributed by atoms with Gasteiger partial charge in [-0.05, 0) is 75.3 Å². The number of rotatable bonds is 9. The van der Waals surface area contributed by atoms with Gasteiger partial charge in [-0.2, -0.15) is 5.26 Å². The first-order chi connectivity index (χ1) is 16.4. The number of carbonyl (C=O) groups is 3. The maximum atomic E-state index is 12.9. The summed E-state index contributed by atoms with van der Waals surface area (Å²) in [5, 5.41) is 14.9. The Hall–Kier alpha value is -3.08. The zero-order valence-electron chi connectivity index (χ0n) is 19.8. The Morgan fingerprint density at radius 2 is 1.74 bits per heavy atom. The summed E-state index contributed by atoms with van der Waals surface area (Å²) in [7, 11) is 0. The number of urea groups is 1. The Bertz CT molecular complexity index is 907. The Kier molecular flexibility index (Phi) is 7.40. The summed E-state index contributed by atoms with van der Waals surface area (Å²) in [5.74, 6) is 1.28. The molecule has 0 aliphatic heterocycles. The van der Waals surface area contributed by atoms with E-state index in [1.54, 1.807) is 24.3 Å². The summed E-state index contributed by atoms with van der Waals surface area (Å²) in [5.41, 5.74) is 0.568. The topological polar surface area (TPSA) is 112 Å². The number of hydrogen-bond acceptors (Lipinski definition) is 5. The standard InChI is InChI=1S/C26H34N4O4/c1-18(24(32)30(11-5-9-27)22-6-3-2-4-7-22)34-23(31)8-10-28-25(33)29-26-15-19-12-20(16-26)14-21(13-19)17-26/h2-4,6-7,18-21H,5,8,10-17H2,1H3,(H2,28,29,33)/t18-,19?,20?,21?,26?/m1/s1. The van der Waals surface area contributed by atoms with E-state index in [2.05, 4.69) is 10.6 Å². The molecule has 2 N–H and O–H groups in total. The van der Waals surface area contributed by atoms with Crippen molar-refractivity contribution in [1.82, 2.24) is 10.6 Å². The molecule has 1 aromatic carbocycles. The Labute approximate surface area is 201 Å². The van der Waals surface area contributed by atoms with Gasteiger partial charge < -0.3 is 20.3 Å². The molecular formula is C26H34N4O4. The molecule has 0 heterocycles. The van der Waals surface area contributed by atoms with Gasteiger partial charge in [0.05, 0.1) is 18.9 Å². The highest BCUT2D eigenvalue weighted by Crippen LogP contribution is 2.55. The predicted molar refractivity (Wildman–Crippen MR) is 127 cm³/mol. The van der Waals surface area contributed by atoms with Crippen molar-refractivity contribution in [2.75, 3.05) is 18.0 Å². The molecule has 182 valence electrons. The number of carbonyl (C=O) groups excluding carboxylic acids is 3. The summed E-state index contributed by atoms with van der Waals surface area (Å²) < 4.78 is 5.33. The summed E-state index contributed by atoms with van der Waals surface area (Å²) in [6.45, 7) is 1.89. The molecule has 0 spiro atoms. The molecule has 4 fully saturated rings. The lowest BCUT2D eigenvalue weighted by molar-refractivity contribution is -0.153. The van der Waals surface area contributed by atoms with E-state index in [0.29, 0.717) is 5.69 Å². The van der Waals surface area contributed by atoms with Crippen molar-refractivity contribution in [2.45, 2.75) is 69.9 Å². The summed E-state index contributed by atoms with van der Waals surface area (Å²) in [6.07, 6.45) is 6.29. The number of anilines is 1. The Morgan fingerprint density at radius 3 is 2.32 bits per heavy atom. The fourth-order valence-electron chi connectivity index (χ4n) is 6.49. The van der Waals surface area contributed by atoms with Crippen LogP contribution in [0.3, 0.4) is 0 Å². The van der Waals surface area contributed by atoms with Crippen molar-refractivity contribution in [3.8, 4) is 6.07 Å². The van der Waals surface area contributed by atoms with E-state index >= 15 is 0 Å². The number of ether oxygens (including phenoxy) is 1. The quantitative estimate of drug-likeness (QED) is 0.541. The van der Waals surface area contributed by atoms with Gasteiger partial charge in [-0.1, -0.05) is 18.2 Å². The first kappa shape index (κ1) is 24.1. The van der Waals surface area contributed by atoms with Crippen molar-refractivity contribution in [2.24, 2.45) is 17.8 Å². The number of benzene rings is 1. The number of hydrogen-bond donors (Lipinski definition) is 2. The molecule has 34 heavy (non-hydrogen) atoms. The third-order valence-electron chi connectivity index (χ3n) is 7.47. The van der Waals surface area contributed by atoms with E-state index in [0.717, 1.165) is 37.0 Å². The van der Waals surface area contributed by atoms with E-state index in [4.69, 9.17) is 10.00 Å².